The molecule has 0 fully saturated rings. The van der Waals surface area contributed by atoms with Gasteiger partial charge < -0.3 is 15.8 Å². The van der Waals surface area contributed by atoms with E-state index in [2.05, 4.69) is 5.32 Å². The lowest BCUT2D eigenvalue weighted by molar-refractivity contribution is 0.332. The van der Waals surface area contributed by atoms with Crippen molar-refractivity contribution in [3.63, 3.8) is 0 Å². The molecule has 2 aromatic carbocycles. The predicted octanol–water partition coefficient (Wildman–Crippen LogP) is 3.72. The summed E-state index contributed by atoms with van der Waals surface area (Å²) in [5.41, 5.74) is 8.43. The molecule has 0 aliphatic rings. The Balaban J connectivity index is 1.84. The number of nitrogen functional groups attached to an aromatic ring is 1. The summed E-state index contributed by atoms with van der Waals surface area (Å²) in [6, 6.07) is 13.4. The summed E-state index contributed by atoms with van der Waals surface area (Å²) < 4.78 is 5.64. The van der Waals surface area contributed by atoms with Crippen LogP contribution in [0.4, 0.5) is 11.4 Å². The van der Waals surface area contributed by atoms with E-state index in [9.17, 15) is 0 Å². The fourth-order valence-electron chi connectivity index (χ4n) is 1.78. The third-order valence-electron chi connectivity index (χ3n) is 2.71. The zero-order valence-corrected chi connectivity index (χ0v) is 11.6. The quantitative estimate of drug-likeness (QED) is 0.646. The Morgan fingerprint density at radius 1 is 1.21 bits per heavy atom. The Kier molecular flexibility index (Phi) is 4.53. The fraction of sp³-hybridized carbons (Fsp3) is 0.200. The molecule has 3 nitrogen and oxygen atoms in total. The summed E-state index contributed by atoms with van der Waals surface area (Å²) in [6.45, 7) is 3.23. The average Bonchev–Trinajstić information content (AvgIpc) is 2.37. The van der Waals surface area contributed by atoms with Crippen LogP contribution in [-0.2, 0) is 0 Å². The molecular weight excluding hydrogens is 260 g/mol. The summed E-state index contributed by atoms with van der Waals surface area (Å²) >= 11 is 6.06. The molecule has 0 aromatic heterocycles. The van der Waals surface area contributed by atoms with Gasteiger partial charge in [-0.05, 0) is 36.8 Å². The lowest BCUT2D eigenvalue weighted by Crippen LogP contribution is -2.12. The van der Waals surface area contributed by atoms with Gasteiger partial charge >= 0.3 is 0 Å². The van der Waals surface area contributed by atoms with E-state index in [4.69, 9.17) is 22.1 Å². The largest absolute Gasteiger partial charge is 0.492 e. The molecule has 2 aromatic rings. The van der Waals surface area contributed by atoms with Crippen molar-refractivity contribution in [3.05, 3.63) is 53.1 Å². The van der Waals surface area contributed by atoms with Crippen LogP contribution in [0.25, 0.3) is 0 Å². The van der Waals surface area contributed by atoms with Crippen molar-refractivity contribution in [2.75, 3.05) is 24.2 Å². The lowest BCUT2D eigenvalue weighted by Gasteiger charge is -2.12. The van der Waals surface area contributed by atoms with Gasteiger partial charge in [-0.3, -0.25) is 0 Å². The molecule has 2 rings (SSSR count). The van der Waals surface area contributed by atoms with Crippen LogP contribution in [0.1, 0.15) is 5.56 Å². The molecule has 3 N–H and O–H groups in total. The average molecular weight is 277 g/mol. The molecule has 0 aliphatic carbocycles. The maximum absolute atomic E-state index is 6.06. The maximum Gasteiger partial charge on any atom is 0.119 e. The Labute approximate surface area is 118 Å². The Hall–Kier alpha value is -1.87. The molecule has 0 saturated heterocycles. The third-order valence-corrected chi connectivity index (χ3v) is 3.02. The number of nitrogens with two attached hydrogens (primary N) is 1. The van der Waals surface area contributed by atoms with E-state index in [1.807, 2.05) is 49.4 Å². The highest BCUT2D eigenvalue weighted by Gasteiger charge is 2.03. The molecule has 100 valence electrons. The van der Waals surface area contributed by atoms with Crippen molar-refractivity contribution in [3.8, 4) is 5.75 Å². The van der Waals surface area contributed by atoms with Crippen molar-refractivity contribution < 1.29 is 4.74 Å². The monoisotopic (exact) mass is 276 g/mol. The van der Waals surface area contributed by atoms with E-state index in [0.717, 1.165) is 11.4 Å². The van der Waals surface area contributed by atoms with Gasteiger partial charge in [0.2, 0.25) is 0 Å². The van der Waals surface area contributed by atoms with E-state index in [-0.39, 0.29) is 0 Å². The number of hydrogen-bond acceptors (Lipinski definition) is 3. The first kappa shape index (κ1) is 13.6. The minimum atomic E-state index is 0.550. The molecule has 19 heavy (non-hydrogen) atoms. The summed E-state index contributed by atoms with van der Waals surface area (Å²) in [5, 5.41) is 3.81. The topological polar surface area (TPSA) is 47.3 Å². The Bertz CT molecular complexity index is 537. The van der Waals surface area contributed by atoms with E-state index >= 15 is 0 Å². The van der Waals surface area contributed by atoms with E-state index in [0.29, 0.717) is 23.9 Å². The van der Waals surface area contributed by atoms with Crippen LogP contribution in [0.3, 0.4) is 0 Å². The zero-order valence-electron chi connectivity index (χ0n) is 10.8. The Morgan fingerprint density at radius 3 is 2.74 bits per heavy atom. The van der Waals surface area contributed by atoms with Crippen LogP contribution < -0.4 is 15.8 Å². The molecular formula is C15H17ClN2O. The first-order valence-electron chi connectivity index (χ1n) is 6.14. The van der Waals surface area contributed by atoms with Gasteiger partial charge in [0.15, 0.2) is 0 Å². The molecule has 0 bridgehead atoms. The first-order chi connectivity index (χ1) is 9.16. The number of nitrogens with one attached hydrogen (secondary N) is 1. The second-order valence-corrected chi connectivity index (χ2v) is 4.70. The number of benzene rings is 2. The lowest BCUT2D eigenvalue weighted by atomic mass is 10.2. The van der Waals surface area contributed by atoms with Crippen LogP contribution in [0.2, 0.25) is 5.02 Å². The van der Waals surface area contributed by atoms with Gasteiger partial charge in [-0.15, -0.1) is 0 Å². The number of para-hydroxylation sites is 1. The Morgan fingerprint density at radius 2 is 2.00 bits per heavy atom. The van der Waals surface area contributed by atoms with Crippen molar-refractivity contribution in [2.24, 2.45) is 0 Å². The number of aryl methyl sites for hydroxylation is 1. The molecule has 0 radical (unpaired) electrons. The van der Waals surface area contributed by atoms with Crippen molar-refractivity contribution in [1.29, 1.82) is 0 Å². The molecule has 0 spiro atoms. The third kappa shape index (κ3) is 3.80. The normalized spacial score (nSPS) is 10.2. The highest BCUT2D eigenvalue weighted by molar-refractivity contribution is 6.33. The summed E-state index contributed by atoms with van der Waals surface area (Å²) in [5.74, 6) is 0.869. The van der Waals surface area contributed by atoms with Crippen molar-refractivity contribution in [1.82, 2.24) is 0 Å². The number of rotatable bonds is 5. The van der Waals surface area contributed by atoms with Crippen LogP contribution in [0, 0.1) is 6.92 Å². The molecule has 4 heteroatoms. The van der Waals surface area contributed by atoms with Crippen LogP contribution in [0.15, 0.2) is 42.5 Å². The maximum atomic E-state index is 6.06. The number of anilines is 2. The zero-order chi connectivity index (χ0) is 13.7. The predicted molar refractivity (Wildman–Crippen MR) is 81.0 cm³/mol. The molecule has 0 unspecified atom stereocenters. The number of ether oxygens (including phenoxy) is 1. The second-order valence-electron chi connectivity index (χ2n) is 4.30. The van der Waals surface area contributed by atoms with Gasteiger partial charge in [0.1, 0.15) is 12.4 Å². The van der Waals surface area contributed by atoms with Gasteiger partial charge in [-0.25, -0.2) is 0 Å². The molecule has 0 saturated carbocycles. The van der Waals surface area contributed by atoms with Crippen LogP contribution in [0.5, 0.6) is 5.75 Å². The van der Waals surface area contributed by atoms with Gasteiger partial charge in [-0.1, -0.05) is 29.8 Å². The van der Waals surface area contributed by atoms with E-state index in [1.165, 1.54) is 5.56 Å². The fourth-order valence-corrected chi connectivity index (χ4v) is 2.03. The smallest absolute Gasteiger partial charge is 0.119 e. The van der Waals surface area contributed by atoms with Gasteiger partial charge in [0.25, 0.3) is 0 Å². The summed E-state index contributed by atoms with van der Waals surface area (Å²) in [6.07, 6.45) is 0. The van der Waals surface area contributed by atoms with Crippen molar-refractivity contribution in [2.45, 2.75) is 6.92 Å². The highest BCUT2D eigenvalue weighted by Crippen LogP contribution is 2.27. The number of halogens is 1. The van der Waals surface area contributed by atoms with Crippen molar-refractivity contribution >= 4 is 23.0 Å². The molecule has 0 amide bonds. The minimum absolute atomic E-state index is 0.550. The highest BCUT2D eigenvalue weighted by atomic mass is 35.5. The summed E-state index contributed by atoms with van der Waals surface area (Å²) in [7, 11) is 0. The van der Waals surface area contributed by atoms with Crippen LogP contribution >= 0.6 is 11.6 Å². The van der Waals surface area contributed by atoms with E-state index < -0.39 is 0 Å². The molecule has 0 atom stereocenters. The summed E-state index contributed by atoms with van der Waals surface area (Å²) in [4.78, 5) is 0. The van der Waals surface area contributed by atoms with Gasteiger partial charge in [-0.2, -0.15) is 0 Å². The number of hydrogen-bond donors (Lipinski definition) is 2. The van der Waals surface area contributed by atoms with Gasteiger partial charge in [0.05, 0.1) is 16.4 Å². The second kappa shape index (κ2) is 6.34. The minimum Gasteiger partial charge on any atom is -0.492 e. The van der Waals surface area contributed by atoms with Crippen LogP contribution in [-0.4, -0.2) is 13.2 Å². The van der Waals surface area contributed by atoms with E-state index in [1.54, 1.807) is 0 Å². The first-order valence-corrected chi connectivity index (χ1v) is 6.52. The SMILES string of the molecule is Cc1cccc(OCCNc2c(N)cccc2Cl)c1. The molecule has 0 heterocycles. The molecule has 0 aliphatic heterocycles. The standard InChI is InChI=1S/C15H17ClN2O/c1-11-4-2-5-12(10-11)19-9-8-18-15-13(16)6-3-7-14(15)17/h2-7,10,18H,8-9,17H2,1H3. The van der Waals surface area contributed by atoms with Gasteiger partial charge in [0, 0.05) is 6.54 Å².